The van der Waals surface area contributed by atoms with Crippen molar-refractivity contribution in [3.8, 4) is 11.3 Å². The quantitative estimate of drug-likeness (QED) is 0.638. The fourth-order valence-corrected chi connectivity index (χ4v) is 2.98. The number of hydrogen-bond donors (Lipinski definition) is 1. The topological polar surface area (TPSA) is 42.2 Å². The smallest absolute Gasteiger partial charge is 0.416 e. The molecule has 118 valence electrons. The summed E-state index contributed by atoms with van der Waals surface area (Å²) in [6.07, 6.45) is -2.84. The number of thiocarbonyl (C=S) groups is 1. The molecule has 1 N–H and O–H groups in total. The normalized spacial score (nSPS) is 16.9. The lowest BCUT2D eigenvalue weighted by Crippen LogP contribution is -2.17. The maximum Gasteiger partial charge on any atom is 0.416 e. The minimum Gasteiger partial charge on any atom is -0.457 e. The number of hydrogen-bond acceptors (Lipinski definition) is 4. The summed E-state index contributed by atoms with van der Waals surface area (Å²) in [5, 5.41) is 2.48. The van der Waals surface area contributed by atoms with Gasteiger partial charge in [0, 0.05) is 11.6 Å². The number of amides is 1. The Hall–Kier alpha value is -2.06. The van der Waals surface area contributed by atoms with E-state index in [0.717, 1.165) is 23.9 Å². The number of rotatable bonds is 2. The van der Waals surface area contributed by atoms with Gasteiger partial charge in [-0.15, -0.1) is 0 Å². The van der Waals surface area contributed by atoms with Gasteiger partial charge in [0.2, 0.25) is 0 Å². The van der Waals surface area contributed by atoms with Crippen molar-refractivity contribution in [1.82, 2.24) is 5.32 Å². The molecule has 2 heterocycles. The maximum absolute atomic E-state index is 12.5. The van der Waals surface area contributed by atoms with Crippen molar-refractivity contribution >= 4 is 40.3 Å². The zero-order valence-electron chi connectivity index (χ0n) is 11.3. The molecule has 1 aliphatic heterocycles. The van der Waals surface area contributed by atoms with Gasteiger partial charge in [0.25, 0.3) is 5.91 Å². The van der Waals surface area contributed by atoms with Crippen LogP contribution < -0.4 is 5.32 Å². The van der Waals surface area contributed by atoms with Crippen molar-refractivity contribution in [3.63, 3.8) is 0 Å². The van der Waals surface area contributed by atoms with Gasteiger partial charge in [0.15, 0.2) is 0 Å². The minimum atomic E-state index is -4.37. The second-order valence-electron chi connectivity index (χ2n) is 4.63. The molecule has 8 heteroatoms. The number of furan rings is 1. The van der Waals surface area contributed by atoms with E-state index in [0.29, 0.717) is 26.3 Å². The van der Waals surface area contributed by atoms with Gasteiger partial charge in [0.1, 0.15) is 15.8 Å². The van der Waals surface area contributed by atoms with Crippen LogP contribution in [0.3, 0.4) is 0 Å². The van der Waals surface area contributed by atoms with Crippen LogP contribution in [0.4, 0.5) is 13.2 Å². The summed E-state index contributed by atoms with van der Waals surface area (Å²) in [6.45, 7) is 0. The van der Waals surface area contributed by atoms with Crippen molar-refractivity contribution in [2.45, 2.75) is 6.18 Å². The standard InChI is InChI=1S/C15H8F3NO2S2/c16-15(17,18)9-3-1-8(2-4-9)11-6-5-10(21-11)7-12-13(20)19-14(22)23-12/h1-7H,(H,19,20,22)/b12-7+. The van der Waals surface area contributed by atoms with Crippen LogP contribution >= 0.6 is 24.0 Å². The fourth-order valence-electron chi connectivity index (χ4n) is 1.96. The second-order valence-corrected chi connectivity index (χ2v) is 6.35. The average molecular weight is 355 g/mol. The van der Waals surface area contributed by atoms with Crippen molar-refractivity contribution in [1.29, 1.82) is 0 Å². The molecule has 0 atom stereocenters. The molecule has 3 nitrogen and oxygen atoms in total. The van der Waals surface area contributed by atoms with Crippen LogP contribution in [0.25, 0.3) is 17.4 Å². The molecule has 0 aliphatic carbocycles. The van der Waals surface area contributed by atoms with E-state index in [1.165, 1.54) is 18.2 Å². The van der Waals surface area contributed by atoms with Crippen molar-refractivity contribution in [2.75, 3.05) is 0 Å². The molecule has 3 rings (SSSR count). The molecule has 0 saturated carbocycles. The van der Waals surface area contributed by atoms with Gasteiger partial charge in [0.05, 0.1) is 10.5 Å². The molecule has 1 aromatic heterocycles. The Morgan fingerprint density at radius 2 is 1.83 bits per heavy atom. The van der Waals surface area contributed by atoms with Gasteiger partial charge in [-0.1, -0.05) is 36.1 Å². The van der Waals surface area contributed by atoms with Gasteiger partial charge in [-0.3, -0.25) is 4.79 Å². The molecule has 2 aromatic rings. The van der Waals surface area contributed by atoms with E-state index in [9.17, 15) is 18.0 Å². The lowest BCUT2D eigenvalue weighted by molar-refractivity contribution is -0.137. The first-order chi connectivity index (χ1) is 10.8. The number of halogens is 3. The first-order valence-corrected chi connectivity index (χ1v) is 7.58. The van der Waals surface area contributed by atoms with E-state index < -0.39 is 11.7 Å². The number of carbonyl (C=O) groups excluding carboxylic acids is 1. The minimum absolute atomic E-state index is 0.299. The van der Waals surface area contributed by atoms with E-state index in [1.54, 1.807) is 12.1 Å². The average Bonchev–Trinajstić information content (AvgIpc) is 3.06. The molecule has 0 spiro atoms. The third kappa shape index (κ3) is 3.48. The van der Waals surface area contributed by atoms with Gasteiger partial charge < -0.3 is 9.73 Å². The molecule has 0 unspecified atom stereocenters. The van der Waals surface area contributed by atoms with Crippen LogP contribution in [0.15, 0.2) is 45.7 Å². The highest BCUT2D eigenvalue weighted by Crippen LogP contribution is 2.32. The summed E-state index contributed by atoms with van der Waals surface area (Å²) in [5.74, 6) is 0.534. The fraction of sp³-hybridized carbons (Fsp3) is 0.0667. The summed E-state index contributed by atoms with van der Waals surface area (Å²) in [7, 11) is 0. The van der Waals surface area contributed by atoms with Crippen LogP contribution in [0.5, 0.6) is 0 Å². The highest BCUT2D eigenvalue weighted by atomic mass is 32.2. The third-order valence-electron chi connectivity index (χ3n) is 3.04. The van der Waals surface area contributed by atoms with E-state index in [2.05, 4.69) is 5.32 Å². The first-order valence-electron chi connectivity index (χ1n) is 6.35. The Balaban J connectivity index is 1.84. The lowest BCUT2D eigenvalue weighted by atomic mass is 10.1. The number of thioether (sulfide) groups is 1. The van der Waals surface area contributed by atoms with E-state index in [1.807, 2.05) is 0 Å². The summed E-state index contributed by atoms with van der Waals surface area (Å²) < 4.78 is 43.5. The second kappa shape index (κ2) is 5.86. The first kappa shape index (κ1) is 15.8. The van der Waals surface area contributed by atoms with Gasteiger partial charge >= 0.3 is 6.18 Å². The van der Waals surface area contributed by atoms with Gasteiger partial charge in [-0.25, -0.2) is 0 Å². The van der Waals surface area contributed by atoms with Crippen LogP contribution in [0, 0.1) is 0 Å². The predicted octanol–water partition coefficient (Wildman–Crippen LogP) is 4.45. The molecular formula is C15H8F3NO2S2. The molecular weight excluding hydrogens is 347 g/mol. The molecule has 1 saturated heterocycles. The highest BCUT2D eigenvalue weighted by Gasteiger charge is 2.30. The zero-order chi connectivity index (χ0) is 16.6. The summed E-state index contributed by atoms with van der Waals surface area (Å²) in [6, 6.07) is 7.93. The number of alkyl halides is 3. The van der Waals surface area contributed by atoms with Crippen molar-refractivity contribution in [2.24, 2.45) is 0 Å². The number of nitrogens with one attached hydrogen (secondary N) is 1. The van der Waals surface area contributed by atoms with Crippen LogP contribution in [0.1, 0.15) is 11.3 Å². The van der Waals surface area contributed by atoms with Gasteiger partial charge in [-0.05, 0) is 24.3 Å². The van der Waals surface area contributed by atoms with E-state index >= 15 is 0 Å². The molecule has 1 fully saturated rings. The van der Waals surface area contributed by atoms with Crippen molar-refractivity contribution in [3.05, 3.63) is 52.6 Å². The van der Waals surface area contributed by atoms with Crippen LogP contribution in [0.2, 0.25) is 0 Å². The lowest BCUT2D eigenvalue weighted by Gasteiger charge is -2.06. The Bertz CT molecular complexity index is 807. The number of carbonyl (C=O) groups is 1. The van der Waals surface area contributed by atoms with Crippen molar-refractivity contribution < 1.29 is 22.4 Å². The Morgan fingerprint density at radius 1 is 1.13 bits per heavy atom. The zero-order valence-corrected chi connectivity index (χ0v) is 12.9. The monoisotopic (exact) mass is 355 g/mol. The predicted molar refractivity (Wildman–Crippen MR) is 85.5 cm³/mol. The summed E-state index contributed by atoms with van der Waals surface area (Å²) in [5.41, 5.74) is -0.204. The largest absolute Gasteiger partial charge is 0.457 e. The molecule has 23 heavy (non-hydrogen) atoms. The number of benzene rings is 1. The van der Waals surface area contributed by atoms with Gasteiger partial charge in [-0.2, -0.15) is 13.2 Å². The summed E-state index contributed by atoms with van der Waals surface area (Å²) >= 11 is 6.01. The molecule has 1 amide bonds. The Morgan fingerprint density at radius 3 is 2.39 bits per heavy atom. The summed E-state index contributed by atoms with van der Waals surface area (Å²) in [4.78, 5) is 12.0. The SMILES string of the molecule is O=C1NC(=S)S/C1=C/c1ccc(-c2ccc(C(F)(F)F)cc2)o1. The van der Waals surface area contributed by atoms with E-state index in [4.69, 9.17) is 16.6 Å². The molecule has 0 bridgehead atoms. The Labute approximate surface area is 138 Å². The maximum atomic E-state index is 12.5. The molecule has 1 aliphatic rings. The third-order valence-corrected chi connectivity index (χ3v) is 4.20. The Kier molecular flexibility index (Phi) is 4.03. The molecule has 1 aromatic carbocycles. The van der Waals surface area contributed by atoms with E-state index in [-0.39, 0.29) is 5.91 Å². The highest BCUT2D eigenvalue weighted by molar-refractivity contribution is 8.26. The molecule has 0 radical (unpaired) electrons. The van der Waals surface area contributed by atoms with Crippen LogP contribution in [-0.4, -0.2) is 10.2 Å². The van der Waals surface area contributed by atoms with Crippen LogP contribution in [-0.2, 0) is 11.0 Å².